The highest BCUT2D eigenvalue weighted by Crippen LogP contribution is 2.37. The van der Waals surface area contributed by atoms with E-state index in [0.29, 0.717) is 48.7 Å². The minimum atomic E-state index is -0.623. The summed E-state index contributed by atoms with van der Waals surface area (Å²) in [5.41, 5.74) is 4.77. The van der Waals surface area contributed by atoms with Crippen LogP contribution in [-0.2, 0) is 42.8 Å². The number of aryl methyl sites for hydroxylation is 1. The van der Waals surface area contributed by atoms with Crippen LogP contribution in [0.5, 0.6) is 5.75 Å². The topological polar surface area (TPSA) is 143 Å². The number of hydrogen-bond acceptors (Lipinski definition) is 10. The molecule has 1 saturated heterocycles. The first-order valence-electron chi connectivity index (χ1n) is 17.8. The van der Waals surface area contributed by atoms with Crippen molar-refractivity contribution in [3.05, 3.63) is 75.1 Å². The Morgan fingerprint density at radius 1 is 1.00 bits per heavy atom. The minimum absolute atomic E-state index is 0.168. The lowest BCUT2D eigenvalue weighted by Gasteiger charge is -2.30. The van der Waals surface area contributed by atoms with Crippen molar-refractivity contribution in [2.45, 2.75) is 95.6 Å². The van der Waals surface area contributed by atoms with Crippen LogP contribution in [0.1, 0.15) is 83.4 Å². The molecule has 12 nitrogen and oxygen atoms in total. The predicted molar refractivity (Wildman–Crippen MR) is 188 cm³/mol. The molecule has 3 amide bonds. The molecule has 0 bridgehead atoms. The summed E-state index contributed by atoms with van der Waals surface area (Å²) in [5, 5.41) is 15.7. The van der Waals surface area contributed by atoms with Crippen molar-refractivity contribution in [2.24, 2.45) is 13.0 Å². The number of rotatable bonds is 12. The van der Waals surface area contributed by atoms with E-state index in [-0.39, 0.29) is 24.3 Å². The molecule has 51 heavy (non-hydrogen) atoms. The molecule has 4 aliphatic rings. The largest absolute Gasteiger partial charge is 0.488 e. The quantitative estimate of drug-likeness (QED) is 0.175. The van der Waals surface area contributed by atoms with E-state index in [1.807, 2.05) is 29.2 Å². The summed E-state index contributed by atoms with van der Waals surface area (Å²) >= 11 is 1.49. The fourth-order valence-corrected chi connectivity index (χ4v) is 8.33. The van der Waals surface area contributed by atoms with Gasteiger partial charge in [0.15, 0.2) is 5.82 Å². The number of hydrogen-bond donors (Lipinski definition) is 3. The highest BCUT2D eigenvalue weighted by Gasteiger charge is 2.40. The van der Waals surface area contributed by atoms with Crippen molar-refractivity contribution in [2.75, 3.05) is 5.32 Å². The van der Waals surface area contributed by atoms with Crippen LogP contribution in [0.15, 0.2) is 42.0 Å². The molecule has 0 radical (unpaired) electrons. The third-order valence-electron chi connectivity index (χ3n) is 10.6. The highest BCUT2D eigenvalue weighted by atomic mass is 32.1. The van der Waals surface area contributed by atoms with Crippen LogP contribution in [0, 0.1) is 11.7 Å². The van der Waals surface area contributed by atoms with Crippen LogP contribution < -0.4 is 20.7 Å². The Labute approximate surface area is 299 Å². The maximum Gasteiger partial charge on any atom is 0.256 e. The van der Waals surface area contributed by atoms with E-state index in [9.17, 15) is 18.8 Å². The predicted octanol–water partition coefficient (Wildman–Crippen LogP) is 4.88. The van der Waals surface area contributed by atoms with E-state index in [1.165, 1.54) is 30.4 Å². The number of carbonyl (C=O) groups is 3. The number of thiophene rings is 1. The number of benzene rings is 1. The van der Waals surface area contributed by atoms with Gasteiger partial charge < -0.3 is 20.3 Å². The number of ether oxygens (including phenoxy) is 1. The number of nitrogens with zero attached hydrogens (tertiary/aromatic N) is 5. The molecule has 1 aromatic carbocycles. The van der Waals surface area contributed by atoms with Crippen molar-refractivity contribution < 1.29 is 23.5 Å². The van der Waals surface area contributed by atoms with Gasteiger partial charge in [-0.1, -0.05) is 12.1 Å². The molecule has 0 spiro atoms. The monoisotopic (exact) mass is 712 g/mol. The Balaban J connectivity index is 0.790. The van der Waals surface area contributed by atoms with Gasteiger partial charge in [-0.05, 0) is 75.0 Å². The Morgan fingerprint density at radius 3 is 2.55 bits per heavy atom. The second-order valence-corrected chi connectivity index (χ2v) is 15.1. The number of amides is 3. The number of fused-ring (bicyclic) bond motifs is 1. The molecule has 1 atom stereocenters. The number of piperidine rings is 1. The van der Waals surface area contributed by atoms with Gasteiger partial charge in [0.25, 0.3) is 5.91 Å². The van der Waals surface area contributed by atoms with Gasteiger partial charge in [0.05, 0.1) is 18.0 Å². The Bertz CT molecular complexity index is 1950. The molecule has 2 saturated carbocycles. The highest BCUT2D eigenvalue weighted by molar-refractivity contribution is 7.10. The van der Waals surface area contributed by atoms with E-state index in [0.717, 1.165) is 71.7 Å². The zero-order chi connectivity index (χ0) is 35.1. The van der Waals surface area contributed by atoms with Crippen LogP contribution in [0.2, 0.25) is 0 Å². The fraction of sp³-hybridized carbons (Fsp3) is 0.459. The first kappa shape index (κ1) is 33.5. The van der Waals surface area contributed by atoms with Gasteiger partial charge in [0.2, 0.25) is 17.8 Å². The van der Waals surface area contributed by atoms with Crippen LogP contribution in [-0.4, -0.2) is 60.5 Å². The summed E-state index contributed by atoms with van der Waals surface area (Å²) < 4.78 is 22.8. The molecule has 3 aromatic heterocycles. The van der Waals surface area contributed by atoms with Crippen LogP contribution in [0.3, 0.4) is 0 Å². The molecular weight excluding hydrogens is 672 g/mol. The van der Waals surface area contributed by atoms with Crippen LogP contribution in [0.4, 0.5) is 10.3 Å². The Kier molecular flexibility index (Phi) is 9.28. The average Bonchev–Trinajstić information content (AvgIpc) is 3.63. The SMILES string of the molecule is Cn1ncc(-c2nc(NC3CCC(NCc4ccc(OCc5scc6c5CN(C5CCC(=O)NC5=O)C6=O)cc4)CC3)ncc2F)c1CC1CC1. The Morgan fingerprint density at radius 2 is 1.78 bits per heavy atom. The van der Waals surface area contributed by atoms with Crippen molar-refractivity contribution in [3.63, 3.8) is 0 Å². The van der Waals surface area contributed by atoms with E-state index in [2.05, 4.69) is 43.1 Å². The standard InChI is InChI=1S/C37H41FN8O4S/c1-45-31(14-21-2-3-21)26(16-41-45)34-29(38)17-40-37(44-34)42-24-8-6-23(7-9-24)39-15-22-4-10-25(11-5-22)50-19-32-27-18-46(36(49)28(27)20-51-32)30-12-13-33(47)43-35(30)48/h4-5,10-11,16-17,20-21,23-24,30,39H,2-3,6-9,12-15,18-19H2,1H3,(H,40,42,44)(H,43,47,48). The summed E-state index contributed by atoms with van der Waals surface area (Å²) in [6.07, 6.45) is 10.8. The molecule has 5 heterocycles. The van der Waals surface area contributed by atoms with Crippen molar-refractivity contribution >= 4 is 35.0 Å². The molecule has 14 heteroatoms. The van der Waals surface area contributed by atoms with Gasteiger partial charge in [0, 0.05) is 65.7 Å². The fourth-order valence-electron chi connectivity index (χ4n) is 7.39. The average molecular weight is 713 g/mol. The molecule has 8 rings (SSSR count). The second-order valence-electron chi connectivity index (χ2n) is 14.1. The smallest absolute Gasteiger partial charge is 0.256 e. The van der Waals surface area contributed by atoms with Gasteiger partial charge in [-0.25, -0.2) is 14.4 Å². The summed E-state index contributed by atoms with van der Waals surface area (Å²) in [4.78, 5) is 48.3. The van der Waals surface area contributed by atoms with Gasteiger partial charge >= 0.3 is 0 Å². The lowest BCUT2D eigenvalue weighted by atomic mass is 9.91. The molecule has 3 fully saturated rings. The lowest BCUT2D eigenvalue weighted by molar-refractivity contribution is -0.136. The van der Waals surface area contributed by atoms with Crippen LogP contribution in [0.25, 0.3) is 11.3 Å². The molecule has 266 valence electrons. The Hall–Kier alpha value is -4.69. The maximum atomic E-state index is 14.9. The summed E-state index contributed by atoms with van der Waals surface area (Å²) in [7, 11) is 1.90. The van der Waals surface area contributed by atoms with Crippen molar-refractivity contribution in [1.82, 2.24) is 35.3 Å². The molecule has 4 aromatic rings. The van der Waals surface area contributed by atoms with Crippen molar-refractivity contribution in [1.29, 1.82) is 0 Å². The van der Waals surface area contributed by atoms with E-state index < -0.39 is 17.8 Å². The first-order chi connectivity index (χ1) is 24.8. The van der Waals surface area contributed by atoms with Gasteiger partial charge in [-0.3, -0.25) is 24.4 Å². The number of aromatic nitrogens is 4. The zero-order valence-corrected chi connectivity index (χ0v) is 29.3. The van der Waals surface area contributed by atoms with Crippen LogP contribution >= 0.6 is 11.3 Å². The molecule has 3 N–H and O–H groups in total. The third-order valence-corrected chi connectivity index (χ3v) is 11.6. The van der Waals surface area contributed by atoms with Gasteiger partial charge in [-0.2, -0.15) is 5.10 Å². The normalized spacial score (nSPS) is 21.9. The molecular formula is C37H41FN8O4S. The van der Waals surface area contributed by atoms with E-state index in [1.54, 1.807) is 11.1 Å². The van der Waals surface area contributed by atoms with E-state index in [4.69, 9.17) is 4.74 Å². The maximum absolute atomic E-state index is 14.9. The zero-order valence-electron chi connectivity index (χ0n) is 28.5. The number of imide groups is 1. The van der Waals surface area contributed by atoms with Gasteiger partial charge in [0.1, 0.15) is 24.1 Å². The summed E-state index contributed by atoms with van der Waals surface area (Å²) in [6, 6.07) is 8.04. The van der Waals surface area contributed by atoms with E-state index >= 15 is 0 Å². The summed E-state index contributed by atoms with van der Waals surface area (Å²) in [5.74, 6) is 0.554. The third kappa shape index (κ3) is 7.24. The first-order valence-corrected chi connectivity index (χ1v) is 18.7. The number of carbonyl (C=O) groups excluding carboxylic acids is 3. The molecule has 2 aliphatic heterocycles. The molecule has 1 unspecified atom stereocenters. The minimum Gasteiger partial charge on any atom is -0.488 e. The second kappa shape index (κ2) is 14.1. The lowest BCUT2D eigenvalue weighted by Crippen LogP contribution is -2.52. The van der Waals surface area contributed by atoms with Gasteiger partial charge in [-0.15, -0.1) is 11.3 Å². The molecule has 2 aliphatic carbocycles. The number of halogens is 1. The number of anilines is 1. The van der Waals surface area contributed by atoms with Crippen molar-refractivity contribution in [3.8, 4) is 17.0 Å². The number of nitrogens with one attached hydrogen (secondary N) is 3. The summed E-state index contributed by atoms with van der Waals surface area (Å²) in [6.45, 7) is 1.43.